The highest BCUT2D eigenvalue weighted by molar-refractivity contribution is 7.89. The van der Waals surface area contributed by atoms with Gasteiger partial charge in [0.25, 0.3) is 5.91 Å². The second kappa shape index (κ2) is 5.93. The van der Waals surface area contributed by atoms with E-state index in [1.807, 2.05) is 20.8 Å². The van der Waals surface area contributed by atoms with Gasteiger partial charge in [0.05, 0.1) is 4.90 Å². The molecule has 5 nitrogen and oxygen atoms in total. The Hall–Kier alpha value is -1.40. The van der Waals surface area contributed by atoms with Crippen molar-refractivity contribution >= 4 is 15.9 Å². The fourth-order valence-electron chi connectivity index (χ4n) is 1.84. The first-order valence-electron chi connectivity index (χ1n) is 6.59. The van der Waals surface area contributed by atoms with Crippen molar-refractivity contribution in [1.82, 2.24) is 5.32 Å². The van der Waals surface area contributed by atoms with E-state index in [-0.39, 0.29) is 16.3 Å². The van der Waals surface area contributed by atoms with Crippen LogP contribution in [0.2, 0.25) is 0 Å². The number of nitrogens with two attached hydrogens (primary N) is 1. The van der Waals surface area contributed by atoms with E-state index in [0.717, 1.165) is 12.8 Å². The fraction of sp³-hybridized carbons (Fsp3) is 0.500. The summed E-state index contributed by atoms with van der Waals surface area (Å²) in [4.78, 5) is 12.3. The molecule has 0 aliphatic carbocycles. The van der Waals surface area contributed by atoms with Gasteiger partial charge in [-0.1, -0.05) is 13.8 Å². The predicted molar refractivity (Wildman–Crippen MR) is 79.0 cm³/mol. The number of nitrogens with one attached hydrogen (secondary N) is 1. The van der Waals surface area contributed by atoms with Gasteiger partial charge in [-0.2, -0.15) is 0 Å². The van der Waals surface area contributed by atoms with Gasteiger partial charge >= 0.3 is 0 Å². The lowest BCUT2D eigenvalue weighted by Gasteiger charge is -2.28. The molecule has 1 amide bonds. The number of benzene rings is 1. The zero-order valence-corrected chi connectivity index (χ0v) is 13.2. The lowest BCUT2D eigenvalue weighted by molar-refractivity contribution is 0.0900. The van der Waals surface area contributed by atoms with E-state index in [2.05, 4.69) is 5.32 Å². The molecule has 0 heterocycles. The summed E-state index contributed by atoms with van der Waals surface area (Å²) in [5.41, 5.74) is 0.788. The monoisotopic (exact) mass is 298 g/mol. The van der Waals surface area contributed by atoms with Crippen molar-refractivity contribution in [2.75, 3.05) is 0 Å². The second-order valence-electron chi connectivity index (χ2n) is 5.24. The summed E-state index contributed by atoms with van der Waals surface area (Å²) in [7, 11) is -3.74. The quantitative estimate of drug-likeness (QED) is 0.870. The molecule has 0 aromatic heterocycles. The summed E-state index contributed by atoms with van der Waals surface area (Å²) in [5.74, 6) is -0.199. The van der Waals surface area contributed by atoms with E-state index in [1.165, 1.54) is 18.2 Å². The van der Waals surface area contributed by atoms with Crippen LogP contribution < -0.4 is 10.5 Å². The zero-order chi connectivity index (χ0) is 15.6. The molecular formula is C14H22N2O3S. The van der Waals surface area contributed by atoms with Crippen LogP contribution in [0.15, 0.2) is 23.1 Å². The van der Waals surface area contributed by atoms with Gasteiger partial charge in [0, 0.05) is 11.1 Å². The van der Waals surface area contributed by atoms with Gasteiger partial charge in [0.2, 0.25) is 10.0 Å². The molecule has 0 saturated heterocycles. The van der Waals surface area contributed by atoms with E-state index >= 15 is 0 Å². The van der Waals surface area contributed by atoms with Crippen LogP contribution in [-0.4, -0.2) is 19.9 Å². The minimum atomic E-state index is -3.74. The molecule has 1 rings (SSSR count). The Balaban J connectivity index is 3.07. The molecule has 0 aliphatic rings. The van der Waals surface area contributed by atoms with Gasteiger partial charge in [-0.05, 0) is 50.5 Å². The van der Waals surface area contributed by atoms with Crippen molar-refractivity contribution in [3.8, 4) is 0 Å². The Bertz CT molecular complexity index is 605. The van der Waals surface area contributed by atoms with Crippen molar-refractivity contribution in [2.45, 2.75) is 51.0 Å². The number of aryl methyl sites for hydroxylation is 1. The number of hydrogen-bond donors (Lipinski definition) is 2. The highest BCUT2D eigenvalue weighted by atomic mass is 32.2. The number of carbonyl (C=O) groups is 1. The maximum atomic E-state index is 12.3. The molecule has 3 N–H and O–H groups in total. The van der Waals surface area contributed by atoms with Crippen LogP contribution in [0.5, 0.6) is 0 Å². The Labute approximate surface area is 120 Å². The normalized spacial score (nSPS) is 12.2. The van der Waals surface area contributed by atoms with E-state index in [0.29, 0.717) is 11.1 Å². The largest absolute Gasteiger partial charge is 0.347 e. The average molecular weight is 298 g/mol. The smallest absolute Gasteiger partial charge is 0.251 e. The standard InChI is InChI=1S/C14H22N2O3S/c1-5-14(4,6-2)16-13(17)12-8-7-11(9-10(12)3)20(15,18)19/h7-9H,5-6H2,1-4H3,(H,16,17)(H2,15,18,19). The fourth-order valence-corrected chi connectivity index (χ4v) is 2.43. The maximum Gasteiger partial charge on any atom is 0.251 e. The summed E-state index contributed by atoms with van der Waals surface area (Å²) < 4.78 is 22.5. The van der Waals surface area contributed by atoms with Gasteiger partial charge in [0.1, 0.15) is 0 Å². The molecule has 0 bridgehead atoms. The molecule has 112 valence electrons. The van der Waals surface area contributed by atoms with Gasteiger partial charge in [-0.3, -0.25) is 4.79 Å². The Morgan fingerprint density at radius 2 is 1.85 bits per heavy atom. The molecular weight excluding hydrogens is 276 g/mol. The number of primary sulfonamides is 1. The maximum absolute atomic E-state index is 12.3. The highest BCUT2D eigenvalue weighted by Crippen LogP contribution is 2.18. The Morgan fingerprint density at radius 3 is 2.25 bits per heavy atom. The van der Waals surface area contributed by atoms with Crippen molar-refractivity contribution in [1.29, 1.82) is 0 Å². The van der Waals surface area contributed by atoms with Gasteiger partial charge in [-0.15, -0.1) is 0 Å². The van der Waals surface area contributed by atoms with Gasteiger partial charge < -0.3 is 5.32 Å². The topological polar surface area (TPSA) is 89.3 Å². The second-order valence-corrected chi connectivity index (χ2v) is 6.81. The van der Waals surface area contributed by atoms with Crippen molar-refractivity contribution in [3.63, 3.8) is 0 Å². The molecule has 0 atom stereocenters. The summed E-state index contributed by atoms with van der Waals surface area (Å²) in [6.07, 6.45) is 1.65. The van der Waals surface area contributed by atoms with Crippen LogP contribution in [-0.2, 0) is 10.0 Å². The van der Waals surface area contributed by atoms with Crippen LogP contribution in [0.3, 0.4) is 0 Å². The predicted octanol–water partition coefficient (Wildman–Crippen LogP) is 1.95. The zero-order valence-electron chi connectivity index (χ0n) is 12.4. The van der Waals surface area contributed by atoms with Crippen LogP contribution in [0.4, 0.5) is 0 Å². The number of hydrogen-bond acceptors (Lipinski definition) is 3. The lowest BCUT2D eigenvalue weighted by atomic mass is 9.94. The first kappa shape index (κ1) is 16.7. The highest BCUT2D eigenvalue weighted by Gasteiger charge is 2.23. The average Bonchev–Trinajstić information content (AvgIpc) is 2.37. The SMILES string of the molecule is CCC(C)(CC)NC(=O)c1ccc(S(N)(=O)=O)cc1C. The van der Waals surface area contributed by atoms with E-state index in [1.54, 1.807) is 6.92 Å². The Morgan fingerprint density at radius 1 is 1.30 bits per heavy atom. The van der Waals surface area contributed by atoms with E-state index in [9.17, 15) is 13.2 Å². The number of amides is 1. The molecule has 0 aliphatic heterocycles. The molecule has 0 radical (unpaired) electrons. The lowest BCUT2D eigenvalue weighted by Crippen LogP contribution is -2.45. The molecule has 0 spiro atoms. The van der Waals surface area contributed by atoms with Gasteiger partial charge in [-0.25, -0.2) is 13.6 Å². The summed E-state index contributed by atoms with van der Waals surface area (Å²) in [5, 5.41) is 8.06. The molecule has 6 heteroatoms. The third-order valence-electron chi connectivity index (χ3n) is 3.75. The Kier molecular flexibility index (Phi) is 4.94. The van der Waals surface area contributed by atoms with E-state index in [4.69, 9.17) is 5.14 Å². The van der Waals surface area contributed by atoms with Crippen LogP contribution in [0.1, 0.15) is 49.5 Å². The summed E-state index contributed by atoms with van der Waals surface area (Å²) >= 11 is 0. The number of sulfonamides is 1. The van der Waals surface area contributed by atoms with Crippen molar-refractivity contribution in [2.24, 2.45) is 5.14 Å². The van der Waals surface area contributed by atoms with Crippen molar-refractivity contribution in [3.05, 3.63) is 29.3 Å². The first-order valence-corrected chi connectivity index (χ1v) is 8.13. The molecule has 20 heavy (non-hydrogen) atoms. The third kappa shape index (κ3) is 3.80. The minimum Gasteiger partial charge on any atom is -0.347 e. The van der Waals surface area contributed by atoms with Crippen LogP contribution in [0, 0.1) is 6.92 Å². The molecule has 1 aromatic rings. The molecule has 0 unspecified atom stereocenters. The molecule has 0 saturated carbocycles. The minimum absolute atomic E-state index is 0.0142. The first-order chi connectivity index (χ1) is 9.13. The molecule has 1 aromatic carbocycles. The summed E-state index contributed by atoms with van der Waals surface area (Å²) in [6, 6.07) is 4.27. The van der Waals surface area contributed by atoms with E-state index < -0.39 is 10.0 Å². The number of rotatable bonds is 5. The molecule has 0 fully saturated rings. The summed E-state index contributed by atoms with van der Waals surface area (Å²) in [6.45, 7) is 7.71. The third-order valence-corrected chi connectivity index (χ3v) is 4.66. The van der Waals surface area contributed by atoms with Crippen LogP contribution >= 0.6 is 0 Å². The van der Waals surface area contributed by atoms with Crippen LogP contribution in [0.25, 0.3) is 0 Å². The number of carbonyl (C=O) groups excluding carboxylic acids is 1. The van der Waals surface area contributed by atoms with Crippen molar-refractivity contribution < 1.29 is 13.2 Å². The van der Waals surface area contributed by atoms with Gasteiger partial charge in [0.15, 0.2) is 0 Å².